The SMILES string of the molecule is COS(=O)(=O)CC1(S(=O)(=O)CC2(C#N)CC2)CC1. The van der Waals surface area contributed by atoms with Crippen LogP contribution in [0, 0.1) is 16.7 Å². The van der Waals surface area contributed by atoms with Crippen LogP contribution in [0.3, 0.4) is 0 Å². The zero-order valence-corrected chi connectivity index (χ0v) is 11.7. The van der Waals surface area contributed by atoms with Gasteiger partial charge in [0.1, 0.15) is 0 Å². The Balaban J connectivity index is 2.18. The van der Waals surface area contributed by atoms with Gasteiger partial charge < -0.3 is 0 Å². The third-order valence-electron chi connectivity index (χ3n) is 3.72. The van der Waals surface area contributed by atoms with Crippen molar-refractivity contribution in [2.45, 2.75) is 30.4 Å². The molecule has 18 heavy (non-hydrogen) atoms. The Hall–Kier alpha value is -0.650. The summed E-state index contributed by atoms with van der Waals surface area (Å²) in [6.07, 6.45) is 1.82. The Kier molecular flexibility index (Phi) is 3.00. The summed E-state index contributed by atoms with van der Waals surface area (Å²) in [5, 5.41) is 8.93. The predicted molar refractivity (Wildman–Crippen MR) is 63.8 cm³/mol. The standard InChI is InChI=1S/C10H15NO5S2/c1-16-18(14,15)8-10(4-5-10)17(12,13)7-9(6-11)2-3-9/h2-5,7-8H2,1H3. The third kappa shape index (κ3) is 2.39. The molecule has 0 aromatic carbocycles. The first-order chi connectivity index (χ1) is 8.20. The summed E-state index contributed by atoms with van der Waals surface area (Å²) in [7, 11) is -6.36. The molecule has 102 valence electrons. The molecule has 0 amide bonds. The summed E-state index contributed by atoms with van der Waals surface area (Å²) >= 11 is 0. The second-order valence-electron chi connectivity index (χ2n) is 5.20. The highest BCUT2D eigenvalue weighted by atomic mass is 32.2. The molecule has 2 saturated carbocycles. The Labute approximate surface area is 107 Å². The fraction of sp³-hybridized carbons (Fsp3) is 0.900. The molecule has 2 fully saturated rings. The van der Waals surface area contributed by atoms with E-state index < -0.39 is 35.9 Å². The van der Waals surface area contributed by atoms with Crippen LogP contribution in [-0.2, 0) is 24.1 Å². The van der Waals surface area contributed by atoms with Gasteiger partial charge in [-0.15, -0.1) is 0 Å². The first-order valence-electron chi connectivity index (χ1n) is 5.62. The molecule has 0 aromatic heterocycles. The summed E-state index contributed by atoms with van der Waals surface area (Å²) in [4.78, 5) is 0. The van der Waals surface area contributed by atoms with Crippen LogP contribution >= 0.6 is 0 Å². The fourth-order valence-corrected chi connectivity index (χ4v) is 6.33. The van der Waals surface area contributed by atoms with Gasteiger partial charge in [-0.2, -0.15) is 13.7 Å². The molecule has 2 aliphatic carbocycles. The second kappa shape index (κ2) is 3.92. The van der Waals surface area contributed by atoms with E-state index in [-0.39, 0.29) is 5.75 Å². The van der Waals surface area contributed by atoms with Crippen molar-refractivity contribution in [3.8, 4) is 6.07 Å². The summed E-state index contributed by atoms with van der Waals surface area (Å²) in [5.74, 6) is -0.726. The fourth-order valence-electron chi connectivity index (χ4n) is 2.02. The number of hydrogen-bond donors (Lipinski definition) is 0. The number of sulfone groups is 1. The van der Waals surface area contributed by atoms with Crippen molar-refractivity contribution in [1.29, 1.82) is 5.26 Å². The van der Waals surface area contributed by atoms with E-state index in [1.807, 2.05) is 6.07 Å². The van der Waals surface area contributed by atoms with E-state index in [0.29, 0.717) is 25.7 Å². The third-order valence-corrected chi connectivity index (χ3v) is 8.12. The van der Waals surface area contributed by atoms with Crippen LogP contribution in [0.4, 0.5) is 0 Å². The maximum absolute atomic E-state index is 12.3. The lowest BCUT2D eigenvalue weighted by Gasteiger charge is -2.17. The van der Waals surface area contributed by atoms with Crippen LogP contribution in [0.25, 0.3) is 0 Å². The highest BCUT2D eigenvalue weighted by molar-refractivity contribution is 7.95. The zero-order valence-electron chi connectivity index (χ0n) is 10.0. The molecule has 0 saturated heterocycles. The van der Waals surface area contributed by atoms with Crippen molar-refractivity contribution in [2.75, 3.05) is 18.6 Å². The molecule has 0 aromatic rings. The molecule has 2 rings (SSSR count). The Morgan fingerprint density at radius 2 is 1.67 bits per heavy atom. The van der Waals surface area contributed by atoms with Crippen LogP contribution in [0.15, 0.2) is 0 Å². The number of hydrogen-bond acceptors (Lipinski definition) is 6. The molecular weight excluding hydrogens is 278 g/mol. The van der Waals surface area contributed by atoms with Crippen molar-refractivity contribution >= 4 is 20.0 Å². The van der Waals surface area contributed by atoms with Gasteiger partial charge in [-0.25, -0.2) is 8.42 Å². The Morgan fingerprint density at radius 1 is 1.11 bits per heavy atom. The molecule has 0 bridgehead atoms. The highest BCUT2D eigenvalue weighted by Crippen LogP contribution is 2.52. The normalized spacial score (nSPS) is 24.2. The molecule has 8 heteroatoms. The molecule has 0 radical (unpaired) electrons. The van der Waals surface area contributed by atoms with Crippen molar-refractivity contribution in [1.82, 2.24) is 0 Å². The average molecular weight is 293 g/mol. The van der Waals surface area contributed by atoms with Crippen LogP contribution in [0.5, 0.6) is 0 Å². The van der Waals surface area contributed by atoms with Crippen LogP contribution in [-0.4, -0.2) is 40.2 Å². The molecule has 2 aliphatic rings. The van der Waals surface area contributed by atoms with E-state index >= 15 is 0 Å². The minimum Gasteiger partial charge on any atom is -0.273 e. The first-order valence-corrected chi connectivity index (χ1v) is 8.85. The number of nitrogens with zero attached hydrogens (tertiary/aromatic N) is 1. The summed E-state index contributed by atoms with van der Waals surface area (Å²) in [6.45, 7) is 0. The monoisotopic (exact) mass is 293 g/mol. The van der Waals surface area contributed by atoms with Gasteiger partial charge in [-0.05, 0) is 25.7 Å². The maximum atomic E-state index is 12.3. The van der Waals surface area contributed by atoms with Gasteiger partial charge in [0, 0.05) is 0 Å². The lowest BCUT2D eigenvalue weighted by molar-refractivity contribution is 0.396. The summed E-state index contributed by atoms with van der Waals surface area (Å²) < 4.78 is 50.4. The first kappa shape index (κ1) is 13.8. The molecular formula is C10H15NO5S2. The van der Waals surface area contributed by atoms with Crippen LogP contribution in [0.2, 0.25) is 0 Å². The van der Waals surface area contributed by atoms with E-state index in [1.165, 1.54) is 0 Å². The number of nitriles is 1. The van der Waals surface area contributed by atoms with Gasteiger partial charge in [0.05, 0.1) is 34.8 Å². The van der Waals surface area contributed by atoms with E-state index in [4.69, 9.17) is 5.26 Å². The van der Waals surface area contributed by atoms with E-state index in [1.54, 1.807) is 0 Å². The van der Waals surface area contributed by atoms with Gasteiger partial charge in [0.2, 0.25) is 0 Å². The summed E-state index contributed by atoms with van der Waals surface area (Å²) in [5.41, 5.74) is -0.773. The van der Waals surface area contributed by atoms with Crippen LogP contribution in [0.1, 0.15) is 25.7 Å². The maximum Gasteiger partial charge on any atom is 0.268 e. The molecule has 0 atom stereocenters. The Bertz CT molecular complexity index is 591. The van der Waals surface area contributed by atoms with Gasteiger partial charge >= 0.3 is 0 Å². The van der Waals surface area contributed by atoms with Gasteiger partial charge in [0.25, 0.3) is 10.1 Å². The molecule has 0 spiro atoms. The topological polar surface area (TPSA) is 101 Å². The molecule has 6 nitrogen and oxygen atoms in total. The summed E-state index contributed by atoms with van der Waals surface area (Å²) in [6, 6.07) is 2.03. The largest absolute Gasteiger partial charge is 0.273 e. The average Bonchev–Trinajstić information content (AvgIpc) is 3.15. The Morgan fingerprint density at radius 3 is 2.00 bits per heavy atom. The highest BCUT2D eigenvalue weighted by Gasteiger charge is 2.60. The van der Waals surface area contributed by atoms with Crippen molar-refractivity contribution in [3.05, 3.63) is 0 Å². The van der Waals surface area contributed by atoms with E-state index in [9.17, 15) is 16.8 Å². The van der Waals surface area contributed by atoms with Gasteiger partial charge in [-0.1, -0.05) is 0 Å². The lowest BCUT2D eigenvalue weighted by Crippen LogP contribution is -2.36. The van der Waals surface area contributed by atoms with Gasteiger partial charge in [-0.3, -0.25) is 4.18 Å². The smallest absolute Gasteiger partial charge is 0.268 e. The van der Waals surface area contributed by atoms with E-state index in [0.717, 1.165) is 7.11 Å². The van der Waals surface area contributed by atoms with Crippen LogP contribution < -0.4 is 0 Å². The zero-order chi connectivity index (χ0) is 13.7. The second-order valence-corrected chi connectivity index (χ2v) is 9.32. The molecule has 0 unspecified atom stereocenters. The molecule has 0 aliphatic heterocycles. The minimum absolute atomic E-state index is 0.226. The lowest BCUT2D eigenvalue weighted by atomic mass is 10.2. The van der Waals surface area contributed by atoms with E-state index in [2.05, 4.69) is 4.18 Å². The van der Waals surface area contributed by atoms with Crippen molar-refractivity contribution < 1.29 is 21.0 Å². The van der Waals surface area contributed by atoms with Gasteiger partial charge in [0.15, 0.2) is 9.84 Å². The molecule has 0 heterocycles. The number of rotatable bonds is 6. The minimum atomic E-state index is -3.80. The molecule has 0 N–H and O–H groups in total. The van der Waals surface area contributed by atoms with Crippen molar-refractivity contribution in [3.63, 3.8) is 0 Å². The predicted octanol–water partition coefficient (Wildman–Crippen LogP) is 0.214. The van der Waals surface area contributed by atoms with Crippen molar-refractivity contribution in [2.24, 2.45) is 5.41 Å². The quantitative estimate of drug-likeness (QED) is 0.649.